The molecule has 1 aliphatic rings. The molecule has 2 heterocycles. The Balaban J connectivity index is 1.88. The smallest absolute Gasteiger partial charge is 0.140 e. The summed E-state index contributed by atoms with van der Waals surface area (Å²) < 4.78 is 8.03. The molecule has 3 rings (SSSR count). The van der Waals surface area contributed by atoms with Crippen LogP contribution in [0, 0.1) is 11.3 Å². The van der Waals surface area contributed by atoms with Gasteiger partial charge in [0, 0.05) is 32.1 Å². The fraction of sp³-hybridized carbons (Fsp3) is 0.438. The third-order valence-corrected chi connectivity index (χ3v) is 5.74. The maximum absolute atomic E-state index is 9.57. The average molecular weight is 411 g/mol. The van der Waals surface area contributed by atoms with E-state index < -0.39 is 0 Å². The van der Waals surface area contributed by atoms with E-state index in [-0.39, 0.29) is 0 Å². The molecule has 6 nitrogen and oxygen atoms in total. The molecule has 0 saturated carbocycles. The summed E-state index contributed by atoms with van der Waals surface area (Å²) in [6.07, 6.45) is 3.62. The van der Waals surface area contributed by atoms with Gasteiger partial charge in [-0.15, -0.1) is 10.2 Å². The molecule has 8 heteroatoms. The summed E-state index contributed by atoms with van der Waals surface area (Å²) in [5.41, 5.74) is 1.31. The Hall–Kier alpha value is -1.78. The normalized spacial score (nSPS) is 15.4. The zero-order valence-electron chi connectivity index (χ0n) is 13.5. The number of piperidine rings is 1. The van der Waals surface area contributed by atoms with Crippen molar-refractivity contribution in [2.75, 3.05) is 25.1 Å². The minimum absolute atomic E-state index is 0.374. The zero-order valence-corrected chi connectivity index (χ0v) is 15.8. The average Bonchev–Trinajstić information content (AvgIpc) is 3.03. The summed E-state index contributed by atoms with van der Waals surface area (Å²) in [7, 11) is 3.51. The van der Waals surface area contributed by atoms with Crippen molar-refractivity contribution in [3.05, 3.63) is 33.3 Å². The minimum atomic E-state index is 0.374. The number of halogens is 2. The van der Waals surface area contributed by atoms with Gasteiger partial charge in [0.1, 0.15) is 29.5 Å². The number of aromatic nitrogens is 3. The lowest BCUT2D eigenvalue weighted by Crippen LogP contribution is -2.34. The van der Waals surface area contributed by atoms with Gasteiger partial charge < -0.3 is 14.2 Å². The quantitative estimate of drug-likeness (QED) is 0.775. The highest BCUT2D eigenvalue weighted by atomic mass is 79.9. The highest BCUT2D eigenvalue weighted by Gasteiger charge is 2.28. The number of anilines is 1. The summed E-state index contributed by atoms with van der Waals surface area (Å²) >= 11 is 9.82. The van der Waals surface area contributed by atoms with Crippen molar-refractivity contribution in [1.29, 1.82) is 5.26 Å². The van der Waals surface area contributed by atoms with Crippen LogP contribution in [0.1, 0.15) is 30.1 Å². The molecule has 0 radical (unpaired) electrons. The second-order valence-corrected chi connectivity index (χ2v) is 6.97. The van der Waals surface area contributed by atoms with E-state index >= 15 is 0 Å². The van der Waals surface area contributed by atoms with Crippen LogP contribution in [0.2, 0.25) is 5.02 Å². The van der Waals surface area contributed by atoms with Crippen molar-refractivity contribution in [2.24, 2.45) is 7.05 Å². The molecule has 24 heavy (non-hydrogen) atoms. The number of rotatable bonds is 3. The predicted molar refractivity (Wildman–Crippen MR) is 95.6 cm³/mol. The van der Waals surface area contributed by atoms with Crippen molar-refractivity contribution in [2.45, 2.75) is 18.8 Å². The number of hydrogen-bond acceptors (Lipinski definition) is 5. The van der Waals surface area contributed by atoms with Gasteiger partial charge in [0.05, 0.1) is 22.3 Å². The third-order valence-electron chi connectivity index (χ3n) is 4.41. The summed E-state index contributed by atoms with van der Waals surface area (Å²) in [4.78, 5) is 2.18. The Bertz CT molecular complexity index is 792. The molecule has 0 aliphatic carbocycles. The van der Waals surface area contributed by atoms with E-state index in [1.807, 2.05) is 11.6 Å². The van der Waals surface area contributed by atoms with Gasteiger partial charge in [-0.25, -0.2) is 0 Å². The summed E-state index contributed by atoms with van der Waals surface area (Å²) in [5, 5.41) is 18.3. The van der Waals surface area contributed by atoms with Crippen LogP contribution in [-0.4, -0.2) is 35.0 Å². The molecule has 126 valence electrons. The molecule has 0 N–H and O–H groups in total. The molecule has 0 amide bonds. The van der Waals surface area contributed by atoms with Crippen LogP contribution in [0.15, 0.2) is 16.9 Å². The van der Waals surface area contributed by atoms with E-state index in [2.05, 4.69) is 37.1 Å². The lowest BCUT2D eigenvalue weighted by atomic mass is 9.95. The molecule has 1 saturated heterocycles. The van der Waals surface area contributed by atoms with Gasteiger partial charge in [-0.05, 0) is 28.8 Å². The molecular weight excluding hydrogens is 394 g/mol. The molecule has 0 atom stereocenters. The highest BCUT2D eigenvalue weighted by molar-refractivity contribution is 9.10. The van der Waals surface area contributed by atoms with E-state index in [0.717, 1.165) is 41.9 Å². The number of methoxy groups -OCH3 is 1. The number of nitrogens with zero attached hydrogens (tertiary/aromatic N) is 5. The van der Waals surface area contributed by atoms with Crippen LogP contribution >= 0.6 is 27.5 Å². The van der Waals surface area contributed by atoms with Crippen LogP contribution in [0.3, 0.4) is 0 Å². The molecular formula is C16H17BrClN5O. The first-order chi connectivity index (χ1) is 11.6. The number of hydrogen-bond donors (Lipinski definition) is 0. The molecule has 1 aliphatic heterocycles. The minimum Gasteiger partial charge on any atom is -0.495 e. The van der Waals surface area contributed by atoms with Gasteiger partial charge in [-0.3, -0.25) is 0 Å². The van der Waals surface area contributed by atoms with Gasteiger partial charge in [-0.1, -0.05) is 11.6 Å². The fourth-order valence-corrected chi connectivity index (χ4v) is 3.93. The molecule has 2 aromatic rings. The van der Waals surface area contributed by atoms with E-state index in [1.54, 1.807) is 19.5 Å². The Labute approximate surface area is 154 Å². The van der Waals surface area contributed by atoms with Crippen molar-refractivity contribution in [1.82, 2.24) is 14.8 Å². The standard InChI is InChI=1S/C16H17BrClN5O/c1-22-9-20-21-16(22)10-3-5-23(6-4-10)15-11(8-19)13(24-2)7-12(18)14(15)17/h7,9-10H,3-6H2,1-2H3. The number of benzene rings is 1. The Morgan fingerprint density at radius 2 is 2.12 bits per heavy atom. The maximum atomic E-state index is 9.57. The SMILES string of the molecule is COc1cc(Cl)c(Br)c(N2CCC(c3nncn3C)CC2)c1C#N. The summed E-state index contributed by atoms with van der Waals surface area (Å²) in [6, 6.07) is 3.91. The second-order valence-electron chi connectivity index (χ2n) is 5.77. The number of nitriles is 1. The van der Waals surface area contributed by atoms with Crippen LogP contribution in [-0.2, 0) is 7.05 Å². The summed E-state index contributed by atoms with van der Waals surface area (Å²) in [6.45, 7) is 1.63. The monoisotopic (exact) mass is 409 g/mol. The van der Waals surface area contributed by atoms with Crippen molar-refractivity contribution in [3.8, 4) is 11.8 Å². The van der Waals surface area contributed by atoms with Crippen LogP contribution in [0.5, 0.6) is 5.75 Å². The molecule has 0 bridgehead atoms. The van der Waals surface area contributed by atoms with Crippen molar-refractivity contribution >= 4 is 33.2 Å². The highest BCUT2D eigenvalue weighted by Crippen LogP contribution is 2.43. The largest absolute Gasteiger partial charge is 0.495 e. The van der Waals surface area contributed by atoms with E-state index in [0.29, 0.717) is 22.3 Å². The fourth-order valence-electron chi connectivity index (χ4n) is 3.18. The van der Waals surface area contributed by atoms with Gasteiger partial charge >= 0.3 is 0 Å². The molecule has 0 spiro atoms. The Morgan fingerprint density at radius 3 is 2.67 bits per heavy atom. The first-order valence-corrected chi connectivity index (χ1v) is 8.78. The molecule has 0 unspecified atom stereocenters. The van der Waals surface area contributed by atoms with Crippen molar-refractivity contribution in [3.63, 3.8) is 0 Å². The topological polar surface area (TPSA) is 67.0 Å². The third kappa shape index (κ3) is 2.96. The van der Waals surface area contributed by atoms with E-state index in [4.69, 9.17) is 16.3 Å². The van der Waals surface area contributed by atoms with E-state index in [9.17, 15) is 5.26 Å². The van der Waals surface area contributed by atoms with Crippen LogP contribution in [0.25, 0.3) is 0 Å². The number of aryl methyl sites for hydroxylation is 1. The zero-order chi connectivity index (χ0) is 17.3. The van der Waals surface area contributed by atoms with Gasteiger partial charge in [-0.2, -0.15) is 5.26 Å². The summed E-state index contributed by atoms with van der Waals surface area (Å²) in [5.74, 6) is 1.88. The van der Waals surface area contributed by atoms with Gasteiger partial charge in [0.25, 0.3) is 0 Å². The first-order valence-electron chi connectivity index (χ1n) is 7.61. The lowest BCUT2D eigenvalue weighted by molar-refractivity contribution is 0.412. The maximum Gasteiger partial charge on any atom is 0.140 e. The van der Waals surface area contributed by atoms with Crippen LogP contribution < -0.4 is 9.64 Å². The Kier molecular flexibility index (Phi) is 4.97. The van der Waals surface area contributed by atoms with Gasteiger partial charge in [0.15, 0.2) is 0 Å². The van der Waals surface area contributed by atoms with Crippen LogP contribution in [0.4, 0.5) is 5.69 Å². The lowest BCUT2D eigenvalue weighted by Gasteiger charge is -2.34. The van der Waals surface area contributed by atoms with Gasteiger partial charge in [0.2, 0.25) is 0 Å². The second kappa shape index (κ2) is 6.99. The van der Waals surface area contributed by atoms with Crippen molar-refractivity contribution < 1.29 is 4.74 Å². The van der Waals surface area contributed by atoms with E-state index in [1.165, 1.54) is 0 Å². The molecule has 1 fully saturated rings. The first kappa shape index (κ1) is 17.1. The number of ether oxygens (including phenoxy) is 1. The predicted octanol–water partition coefficient (Wildman–Crippen LogP) is 3.50. The Morgan fingerprint density at radius 1 is 1.42 bits per heavy atom. The molecule has 1 aromatic heterocycles. The molecule has 1 aromatic carbocycles.